The van der Waals surface area contributed by atoms with Crippen LogP contribution in [0.5, 0.6) is 0 Å². The molecule has 3 rings (SSSR count). The van der Waals surface area contributed by atoms with Crippen molar-refractivity contribution in [2.24, 2.45) is 0 Å². The maximum Gasteiger partial charge on any atom is 0.238 e. The summed E-state index contributed by atoms with van der Waals surface area (Å²) < 4.78 is 0. The average Bonchev–Trinajstić information content (AvgIpc) is 2.77. The number of carbonyl (C=O) groups excluding carboxylic acids is 2. The van der Waals surface area contributed by atoms with E-state index in [0.29, 0.717) is 0 Å². The molecule has 2 heterocycles. The van der Waals surface area contributed by atoms with Gasteiger partial charge in [0.25, 0.3) is 0 Å². The van der Waals surface area contributed by atoms with Crippen LogP contribution in [0.15, 0.2) is 24.3 Å². The molecule has 2 aliphatic heterocycles. The molecule has 5 nitrogen and oxygen atoms in total. The Morgan fingerprint density at radius 2 is 2.05 bits per heavy atom. The van der Waals surface area contributed by atoms with Crippen LogP contribution in [0, 0.1) is 0 Å². The van der Waals surface area contributed by atoms with E-state index in [1.165, 1.54) is 0 Å². The molecule has 0 saturated carbocycles. The Morgan fingerprint density at radius 1 is 1.36 bits per heavy atom. The fourth-order valence-electron chi connectivity index (χ4n) is 3.65. The van der Waals surface area contributed by atoms with E-state index in [9.17, 15) is 9.59 Å². The first kappa shape index (κ1) is 15.0. The van der Waals surface area contributed by atoms with Gasteiger partial charge >= 0.3 is 0 Å². The number of hydrogen-bond donors (Lipinski definition) is 2. The normalized spacial score (nSPS) is 25.2. The minimum absolute atomic E-state index is 0.0594. The number of fused-ring (bicyclic) bond motifs is 1. The monoisotopic (exact) mass is 301 g/mol. The molecule has 2 amide bonds. The molecule has 1 unspecified atom stereocenters. The maximum absolute atomic E-state index is 13.2. The highest BCUT2D eigenvalue weighted by molar-refractivity contribution is 6.10. The highest BCUT2D eigenvalue weighted by Crippen LogP contribution is 2.45. The van der Waals surface area contributed by atoms with Crippen LogP contribution in [0.2, 0.25) is 0 Å². The summed E-state index contributed by atoms with van der Waals surface area (Å²) in [6, 6.07) is 8.12. The van der Waals surface area contributed by atoms with Crippen LogP contribution in [0.4, 0.5) is 5.69 Å². The SMILES string of the molecule is CNC(=O)CC1(C)C(=O)N(C2CCNCC2)c2ccccc21. The van der Waals surface area contributed by atoms with Crippen molar-refractivity contribution in [1.29, 1.82) is 0 Å². The largest absolute Gasteiger partial charge is 0.359 e. The smallest absolute Gasteiger partial charge is 0.238 e. The summed E-state index contributed by atoms with van der Waals surface area (Å²) in [4.78, 5) is 27.0. The summed E-state index contributed by atoms with van der Waals surface area (Å²) in [5.74, 6) is -0.0398. The molecule has 1 saturated heterocycles. The molecule has 0 spiro atoms. The van der Waals surface area contributed by atoms with Crippen LogP contribution in [0.3, 0.4) is 0 Å². The van der Waals surface area contributed by atoms with Crippen LogP contribution >= 0.6 is 0 Å². The highest BCUT2D eigenvalue weighted by atomic mass is 16.2. The van der Waals surface area contributed by atoms with E-state index >= 15 is 0 Å². The van der Waals surface area contributed by atoms with Gasteiger partial charge in [0.05, 0.1) is 5.41 Å². The van der Waals surface area contributed by atoms with Crippen LogP contribution in [-0.2, 0) is 15.0 Å². The Bertz CT molecular complexity index is 595. The molecule has 1 aromatic carbocycles. The van der Waals surface area contributed by atoms with E-state index in [4.69, 9.17) is 0 Å². The lowest BCUT2D eigenvalue weighted by atomic mass is 9.80. The summed E-state index contributed by atoms with van der Waals surface area (Å²) in [6.07, 6.45) is 2.10. The van der Waals surface area contributed by atoms with E-state index < -0.39 is 5.41 Å². The van der Waals surface area contributed by atoms with Gasteiger partial charge in [0.1, 0.15) is 0 Å². The lowest BCUT2D eigenvalue weighted by Gasteiger charge is -2.33. The van der Waals surface area contributed by atoms with Gasteiger partial charge in [-0.25, -0.2) is 0 Å². The second kappa shape index (κ2) is 5.72. The van der Waals surface area contributed by atoms with E-state index in [-0.39, 0.29) is 24.3 Å². The number of anilines is 1. The van der Waals surface area contributed by atoms with Gasteiger partial charge in [-0.05, 0) is 44.5 Å². The first-order valence-corrected chi connectivity index (χ1v) is 7.92. The number of hydrogen-bond acceptors (Lipinski definition) is 3. The summed E-state index contributed by atoms with van der Waals surface area (Å²) in [6.45, 7) is 3.76. The summed E-state index contributed by atoms with van der Waals surface area (Å²) in [5.41, 5.74) is 1.19. The molecule has 2 N–H and O–H groups in total. The zero-order valence-corrected chi connectivity index (χ0v) is 13.2. The standard InChI is InChI=1S/C17H23N3O2/c1-17(11-15(21)18-2)13-5-3-4-6-14(13)20(16(17)22)12-7-9-19-10-8-12/h3-6,12,19H,7-11H2,1-2H3,(H,18,21). The fraction of sp³-hybridized carbons (Fsp3) is 0.529. The van der Waals surface area contributed by atoms with Crippen molar-refractivity contribution in [3.8, 4) is 0 Å². The van der Waals surface area contributed by atoms with E-state index in [1.807, 2.05) is 36.1 Å². The van der Waals surface area contributed by atoms with Gasteiger partial charge in [0, 0.05) is 25.2 Å². The number of rotatable bonds is 3. The molecule has 1 fully saturated rings. The molecule has 0 bridgehead atoms. The molecule has 0 radical (unpaired) electrons. The summed E-state index contributed by atoms with van der Waals surface area (Å²) >= 11 is 0. The van der Waals surface area contributed by atoms with Crippen LogP contribution in [-0.4, -0.2) is 38.0 Å². The lowest BCUT2D eigenvalue weighted by molar-refractivity contribution is -0.129. The van der Waals surface area contributed by atoms with Gasteiger partial charge in [0.2, 0.25) is 11.8 Å². The summed E-state index contributed by atoms with van der Waals surface area (Å²) in [7, 11) is 1.61. The summed E-state index contributed by atoms with van der Waals surface area (Å²) in [5, 5.41) is 5.98. The van der Waals surface area contributed by atoms with E-state index in [2.05, 4.69) is 10.6 Å². The van der Waals surface area contributed by atoms with E-state index in [1.54, 1.807) is 7.05 Å². The number of nitrogens with zero attached hydrogens (tertiary/aromatic N) is 1. The Hall–Kier alpha value is -1.88. The second-order valence-corrected chi connectivity index (χ2v) is 6.36. The van der Waals surface area contributed by atoms with Crippen LogP contribution in [0.1, 0.15) is 31.7 Å². The van der Waals surface area contributed by atoms with Gasteiger partial charge in [-0.1, -0.05) is 18.2 Å². The van der Waals surface area contributed by atoms with Gasteiger partial charge < -0.3 is 15.5 Å². The molecular formula is C17H23N3O2. The van der Waals surface area contributed by atoms with Gasteiger partial charge in [0.15, 0.2) is 0 Å². The first-order chi connectivity index (χ1) is 10.6. The van der Waals surface area contributed by atoms with Crippen molar-refractivity contribution in [2.45, 2.75) is 37.6 Å². The van der Waals surface area contributed by atoms with Gasteiger partial charge in [-0.2, -0.15) is 0 Å². The third-order valence-corrected chi connectivity index (χ3v) is 4.92. The number of benzene rings is 1. The number of amides is 2. The Kier molecular flexibility index (Phi) is 3.91. The molecule has 2 aliphatic rings. The number of piperidine rings is 1. The van der Waals surface area contributed by atoms with Crippen molar-refractivity contribution in [3.05, 3.63) is 29.8 Å². The number of carbonyl (C=O) groups is 2. The molecule has 118 valence electrons. The van der Waals surface area contributed by atoms with Gasteiger partial charge in [-0.3, -0.25) is 9.59 Å². The minimum Gasteiger partial charge on any atom is -0.359 e. The van der Waals surface area contributed by atoms with E-state index in [0.717, 1.165) is 37.2 Å². The maximum atomic E-state index is 13.2. The van der Waals surface area contributed by atoms with Crippen molar-refractivity contribution >= 4 is 17.5 Å². The molecule has 22 heavy (non-hydrogen) atoms. The number of nitrogens with one attached hydrogen (secondary N) is 2. The molecule has 5 heteroatoms. The lowest BCUT2D eigenvalue weighted by Crippen LogP contribution is -2.49. The van der Waals surface area contributed by atoms with Crippen molar-refractivity contribution in [3.63, 3.8) is 0 Å². The fourth-order valence-corrected chi connectivity index (χ4v) is 3.65. The topological polar surface area (TPSA) is 61.4 Å². The highest BCUT2D eigenvalue weighted by Gasteiger charge is 2.50. The van der Waals surface area contributed by atoms with Crippen LogP contribution in [0.25, 0.3) is 0 Å². The zero-order valence-electron chi connectivity index (χ0n) is 13.2. The third kappa shape index (κ3) is 2.29. The van der Waals surface area contributed by atoms with Crippen molar-refractivity contribution in [2.75, 3.05) is 25.0 Å². The Labute approximate surface area is 131 Å². The quantitative estimate of drug-likeness (QED) is 0.881. The minimum atomic E-state index is -0.762. The molecule has 0 aromatic heterocycles. The van der Waals surface area contributed by atoms with Crippen LogP contribution < -0.4 is 15.5 Å². The zero-order chi connectivity index (χ0) is 15.7. The van der Waals surface area contributed by atoms with Crippen molar-refractivity contribution < 1.29 is 9.59 Å². The predicted octanol–water partition coefficient (Wildman–Crippen LogP) is 1.18. The third-order valence-electron chi connectivity index (χ3n) is 4.92. The molecule has 1 atom stereocenters. The van der Waals surface area contributed by atoms with Crippen molar-refractivity contribution in [1.82, 2.24) is 10.6 Å². The first-order valence-electron chi connectivity index (χ1n) is 7.92. The van der Waals surface area contributed by atoms with Gasteiger partial charge in [-0.15, -0.1) is 0 Å². The Morgan fingerprint density at radius 3 is 2.73 bits per heavy atom. The predicted molar refractivity (Wildman–Crippen MR) is 85.9 cm³/mol. The average molecular weight is 301 g/mol. The Balaban J connectivity index is 2.00. The number of para-hydroxylation sites is 1. The molecule has 1 aromatic rings. The second-order valence-electron chi connectivity index (χ2n) is 6.36. The molecule has 0 aliphatic carbocycles. The molecular weight excluding hydrogens is 278 g/mol.